The lowest BCUT2D eigenvalue weighted by atomic mass is 10.1. The van der Waals surface area contributed by atoms with E-state index in [0.717, 1.165) is 6.92 Å². The van der Waals surface area contributed by atoms with Crippen molar-refractivity contribution < 1.29 is 8.78 Å². The van der Waals surface area contributed by atoms with Gasteiger partial charge in [0, 0.05) is 19.3 Å². The largest absolute Gasteiger partial charge is 0.307 e. The Morgan fingerprint density at radius 2 is 2.15 bits per heavy atom. The van der Waals surface area contributed by atoms with Crippen LogP contribution < -0.4 is 5.32 Å². The second-order valence-electron chi connectivity index (χ2n) is 2.81. The third-order valence-electron chi connectivity index (χ3n) is 1.67. The van der Waals surface area contributed by atoms with Gasteiger partial charge in [-0.15, -0.1) is 0 Å². The number of alkyl halides is 2. The standard InChI is InChI=1S/C8H11F2N3/c1-8(9,10)7(11-2)6-5-12-3-4-13-6/h3-5,7,11H,1-2H3. The number of halogens is 2. The van der Waals surface area contributed by atoms with Gasteiger partial charge in [-0.1, -0.05) is 0 Å². The molecule has 72 valence electrons. The number of aromatic nitrogens is 2. The zero-order chi connectivity index (χ0) is 9.90. The van der Waals surface area contributed by atoms with E-state index in [0.29, 0.717) is 0 Å². The number of hydrogen-bond donors (Lipinski definition) is 1. The van der Waals surface area contributed by atoms with E-state index in [1.54, 1.807) is 0 Å². The Labute approximate surface area is 75.2 Å². The SMILES string of the molecule is CNC(c1cnccn1)C(C)(F)F. The third kappa shape index (κ3) is 2.42. The summed E-state index contributed by atoms with van der Waals surface area (Å²) in [5, 5.41) is 2.51. The molecule has 0 aromatic carbocycles. The highest BCUT2D eigenvalue weighted by molar-refractivity contribution is 5.05. The highest BCUT2D eigenvalue weighted by atomic mass is 19.3. The molecule has 0 aliphatic heterocycles. The van der Waals surface area contributed by atoms with Gasteiger partial charge in [-0.25, -0.2) is 8.78 Å². The molecule has 0 radical (unpaired) electrons. The Balaban J connectivity index is 2.92. The summed E-state index contributed by atoms with van der Waals surface area (Å²) in [5.41, 5.74) is 0.248. The van der Waals surface area contributed by atoms with Crippen molar-refractivity contribution in [3.8, 4) is 0 Å². The minimum atomic E-state index is -2.84. The molecule has 3 nitrogen and oxygen atoms in total. The van der Waals surface area contributed by atoms with Gasteiger partial charge in [0.15, 0.2) is 0 Å². The zero-order valence-electron chi connectivity index (χ0n) is 7.46. The van der Waals surface area contributed by atoms with Gasteiger partial charge in [0.1, 0.15) is 6.04 Å². The molecule has 1 atom stereocenters. The summed E-state index contributed by atoms with van der Waals surface area (Å²) in [5.74, 6) is -2.84. The van der Waals surface area contributed by atoms with Crippen LogP contribution >= 0.6 is 0 Å². The van der Waals surface area contributed by atoms with Crippen LogP contribution in [0.4, 0.5) is 8.78 Å². The lowest BCUT2D eigenvalue weighted by molar-refractivity contribution is -0.0184. The predicted octanol–water partition coefficient (Wildman–Crippen LogP) is 1.39. The molecule has 5 heteroatoms. The lowest BCUT2D eigenvalue weighted by Gasteiger charge is -2.21. The zero-order valence-corrected chi connectivity index (χ0v) is 7.46. The summed E-state index contributed by atoms with van der Waals surface area (Å²) < 4.78 is 25.9. The Morgan fingerprint density at radius 1 is 1.46 bits per heavy atom. The van der Waals surface area contributed by atoms with Gasteiger partial charge >= 0.3 is 0 Å². The number of hydrogen-bond acceptors (Lipinski definition) is 3. The maximum absolute atomic E-state index is 12.9. The molecule has 0 aliphatic rings. The van der Waals surface area contributed by atoms with Crippen molar-refractivity contribution in [2.75, 3.05) is 7.05 Å². The van der Waals surface area contributed by atoms with Gasteiger partial charge in [-0.05, 0) is 7.05 Å². The van der Waals surface area contributed by atoms with E-state index in [4.69, 9.17) is 0 Å². The fourth-order valence-corrected chi connectivity index (χ4v) is 1.12. The van der Waals surface area contributed by atoms with E-state index >= 15 is 0 Å². The predicted molar refractivity (Wildman–Crippen MR) is 44.5 cm³/mol. The molecular weight excluding hydrogens is 176 g/mol. The first kappa shape index (κ1) is 9.98. The maximum atomic E-state index is 12.9. The van der Waals surface area contributed by atoms with Gasteiger partial charge in [0.2, 0.25) is 0 Å². The Bertz CT molecular complexity index is 258. The molecule has 1 heterocycles. The summed E-state index contributed by atoms with van der Waals surface area (Å²) >= 11 is 0. The van der Waals surface area contributed by atoms with E-state index in [1.165, 1.54) is 25.6 Å². The molecule has 13 heavy (non-hydrogen) atoms. The van der Waals surface area contributed by atoms with Gasteiger partial charge in [0.05, 0.1) is 11.9 Å². The molecule has 0 amide bonds. The minimum Gasteiger partial charge on any atom is -0.307 e. The fraction of sp³-hybridized carbons (Fsp3) is 0.500. The lowest BCUT2D eigenvalue weighted by Crippen LogP contribution is -2.33. The van der Waals surface area contributed by atoms with Crippen LogP contribution in [0.3, 0.4) is 0 Å². The highest BCUT2D eigenvalue weighted by Gasteiger charge is 2.35. The molecule has 1 N–H and O–H groups in total. The van der Waals surface area contributed by atoms with E-state index in [9.17, 15) is 8.78 Å². The second kappa shape index (κ2) is 3.74. The number of rotatable bonds is 3. The normalized spacial score (nSPS) is 14.2. The van der Waals surface area contributed by atoms with E-state index in [2.05, 4.69) is 15.3 Å². The quantitative estimate of drug-likeness (QED) is 0.777. The van der Waals surface area contributed by atoms with Crippen molar-refractivity contribution >= 4 is 0 Å². The van der Waals surface area contributed by atoms with Gasteiger partial charge in [-0.3, -0.25) is 9.97 Å². The van der Waals surface area contributed by atoms with Crippen LogP contribution in [0.15, 0.2) is 18.6 Å². The van der Waals surface area contributed by atoms with Crippen molar-refractivity contribution in [1.82, 2.24) is 15.3 Å². The van der Waals surface area contributed by atoms with E-state index in [1.807, 2.05) is 0 Å². The molecular formula is C8H11F2N3. The Morgan fingerprint density at radius 3 is 2.54 bits per heavy atom. The van der Waals surface area contributed by atoms with Crippen molar-refractivity contribution in [2.24, 2.45) is 0 Å². The molecule has 0 aliphatic carbocycles. The summed E-state index contributed by atoms with van der Waals surface area (Å²) in [6.07, 6.45) is 4.17. The molecule has 1 rings (SSSR count). The topological polar surface area (TPSA) is 37.8 Å². The first-order valence-electron chi connectivity index (χ1n) is 3.86. The third-order valence-corrected chi connectivity index (χ3v) is 1.67. The van der Waals surface area contributed by atoms with E-state index in [-0.39, 0.29) is 5.69 Å². The van der Waals surface area contributed by atoms with Crippen LogP contribution in [0.1, 0.15) is 18.7 Å². The van der Waals surface area contributed by atoms with Crippen molar-refractivity contribution in [3.05, 3.63) is 24.3 Å². The van der Waals surface area contributed by atoms with Crippen LogP contribution in [0, 0.1) is 0 Å². The first-order valence-corrected chi connectivity index (χ1v) is 3.86. The molecule has 0 fully saturated rings. The average molecular weight is 187 g/mol. The Kier molecular flexibility index (Phi) is 2.87. The molecule has 1 aromatic heterocycles. The van der Waals surface area contributed by atoms with Crippen LogP contribution in [0.2, 0.25) is 0 Å². The molecule has 0 saturated heterocycles. The highest BCUT2D eigenvalue weighted by Crippen LogP contribution is 2.28. The van der Waals surface area contributed by atoms with Crippen LogP contribution in [0.5, 0.6) is 0 Å². The summed E-state index contributed by atoms with van der Waals surface area (Å²) in [6.45, 7) is 0.850. The van der Waals surface area contributed by atoms with Crippen molar-refractivity contribution in [3.63, 3.8) is 0 Å². The molecule has 1 aromatic rings. The van der Waals surface area contributed by atoms with Gasteiger partial charge in [0.25, 0.3) is 5.92 Å². The summed E-state index contributed by atoms with van der Waals surface area (Å²) in [6, 6.07) is -1.08. The summed E-state index contributed by atoms with van der Waals surface area (Å²) in [4.78, 5) is 7.54. The van der Waals surface area contributed by atoms with E-state index < -0.39 is 12.0 Å². The minimum absolute atomic E-state index is 0.248. The van der Waals surface area contributed by atoms with Crippen molar-refractivity contribution in [2.45, 2.75) is 18.9 Å². The number of nitrogens with one attached hydrogen (secondary N) is 1. The van der Waals surface area contributed by atoms with Crippen LogP contribution in [-0.4, -0.2) is 22.9 Å². The first-order chi connectivity index (χ1) is 6.05. The molecule has 1 unspecified atom stereocenters. The smallest absolute Gasteiger partial charge is 0.266 e. The number of nitrogens with zero attached hydrogens (tertiary/aromatic N) is 2. The average Bonchev–Trinajstić information content (AvgIpc) is 2.05. The molecule has 0 saturated carbocycles. The van der Waals surface area contributed by atoms with Crippen LogP contribution in [-0.2, 0) is 0 Å². The molecule has 0 bridgehead atoms. The second-order valence-corrected chi connectivity index (χ2v) is 2.81. The fourth-order valence-electron chi connectivity index (χ4n) is 1.12. The monoisotopic (exact) mass is 187 g/mol. The molecule has 0 spiro atoms. The summed E-state index contributed by atoms with van der Waals surface area (Å²) in [7, 11) is 1.47. The Hall–Kier alpha value is -1.10. The maximum Gasteiger partial charge on any atom is 0.266 e. The van der Waals surface area contributed by atoms with Crippen molar-refractivity contribution in [1.29, 1.82) is 0 Å². The van der Waals surface area contributed by atoms with Crippen LogP contribution in [0.25, 0.3) is 0 Å². The van der Waals surface area contributed by atoms with Gasteiger partial charge in [-0.2, -0.15) is 0 Å². The van der Waals surface area contributed by atoms with Gasteiger partial charge < -0.3 is 5.32 Å².